The molecule has 0 heterocycles. The van der Waals surface area contributed by atoms with Crippen molar-refractivity contribution in [2.75, 3.05) is 12.5 Å². The second-order valence-electron chi connectivity index (χ2n) is 2.72. The predicted molar refractivity (Wildman–Crippen MR) is 56.2 cm³/mol. The first-order valence-corrected chi connectivity index (χ1v) is 6.53. The summed E-state index contributed by atoms with van der Waals surface area (Å²) in [7, 11) is -2.05. The van der Waals surface area contributed by atoms with E-state index < -0.39 is 9.73 Å². The van der Waals surface area contributed by atoms with Crippen LogP contribution in [0.4, 0.5) is 5.69 Å². The van der Waals surface area contributed by atoms with Gasteiger partial charge in [0.15, 0.2) is 0 Å². The molecule has 0 unspecified atom stereocenters. The monoisotopic (exact) mass is 247 g/mol. The first-order chi connectivity index (χ1) is 5.49. The molecule has 0 aliphatic heterocycles. The lowest BCUT2D eigenvalue weighted by Crippen LogP contribution is -1.88. The first-order valence-electron chi connectivity index (χ1n) is 3.41. The Kier molecular flexibility index (Phi) is 2.90. The van der Waals surface area contributed by atoms with E-state index in [0.717, 1.165) is 10.2 Å². The topological polar surface area (TPSA) is 29.4 Å². The molecule has 4 heteroatoms. The van der Waals surface area contributed by atoms with Gasteiger partial charge in [-0.1, -0.05) is 12.1 Å². The molecule has 1 aromatic carbocycles. The summed E-state index contributed by atoms with van der Waals surface area (Å²) in [5.74, 6) is 0. The van der Waals surface area contributed by atoms with E-state index in [0.29, 0.717) is 0 Å². The Labute approximate surface area is 81.3 Å². The van der Waals surface area contributed by atoms with Crippen molar-refractivity contribution in [2.45, 2.75) is 0 Å². The maximum atomic E-state index is 11.3. The Bertz CT molecular complexity index is 386. The fourth-order valence-electron chi connectivity index (χ4n) is 0.763. The van der Waals surface area contributed by atoms with Crippen LogP contribution in [0.15, 0.2) is 33.1 Å². The van der Waals surface area contributed by atoms with Crippen LogP contribution in [0.2, 0.25) is 0 Å². The lowest BCUT2D eigenvalue weighted by molar-refractivity contribution is 0.684. The largest absolute Gasteiger partial charge is 0.250 e. The molecular formula is C8H10BrNOS. The summed E-state index contributed by atoms with van der Waals surface area (Å²) in [5, 5.41) is 0. The fraction of sp³-hybridized carbons (Fsp3) is 0.250. The molecule has 0 bridgehead atoms. The number of hydrogen-bond donors (Lipinski definition) is 0. The molecule has 0 N–H and O–H groups in total. The van der Waals surface area contributed by atoms with Crippen molar-refractivity contribution >= 4 is 31.3 Å². The highest BCUT2D eigenvalue weighted by molar-refractivity contribution is 9.10. The molecular weight excluding hydrogens is 238 g/mol. The number of nitrogens with zero attached hydrogens (tertiary/aromatic N) is 1. The van der Waals surface area contributed by atoms with Crippen LogP contribution in [0.3, 0.4) is 0 Å². The van der Waals surface area contributed by atoms with Crippen LogP contribution in [-0.2, 0) is 9.73 Å². The van der Waals surface area contributed by atoms with E-state index in [1.54, 1.807) is 12.5 Å². The lowest BCUT2D eigenvalue weighted by atomic mass is 10.3. The molecule has 0 spiro atoms. The third kappa shape index (κ3) is 2.95. The van der Waals surface area contributed by atoms with E-state index in [1.165, 1.54) is 0 Å². The van der Waals surface area contributed by atoms with Gasteiger partial charge in [0.1, 0.15) is 0 Å². The summed E-state index contributed by atoms with van der Waals surface area (Å²) in [6.45, 7) is 0. The lowest BCUT2D eigenvalue weighted by Gasteiger charge is -1.98. The van der Waals surface area contributed by atoms with Crippen molar-refractivity contribution in [3.63, 3.8) is 0 Å². The molecule has 0 radical (unpaired) electrons. The number of hydrogen-bond acceptors (Lipinski definition) is 2. The van der Waals surface area contributed by atoms with E-state index in [4.69, 9.17) is 0 Å². The van der Waals surface area contributed by atoms with Crippen molar-refractivity contribution in [2.24, 2.45) is 4.36 Å². The van der Waals surface area contributed by atoms with E-state index in [2.05, 4.69) is 20.3 Å². The summed E-state index contributed by atoms with van der Waals surface area (Å²) in [6, 6.07) is 7.48. The van der Waals surface area contributed by atoms with Crippen molar-refractivity contribution in [3.8, 4) is 0 Å². The Morgan fingerprint density at radius 3 is 2.42 bits per heavy atom. The molecule has 0 saturated heterocycles. The second kappa shape index (κ2) is 3.58. The van der Waals surface area contributed by atoms with E-state index >= 15 is 0 Å². The van der Waals surface area contributed by atoms with Crippen LogP contribution in [-0.4, -0.2) is 16.7 Å². The Hall–Kier alpha value is -0.350. The van der Waals surface area contributed by atoms with Gasteiger partial charge in [-0.3, -0.25) is 0 Å². The molecule has 0 aliphatic carbocycles. The summed E-state index contributed by atoms with van der Waals surface area (Å²) in [4.78, 5) is 0. The molecule has 0 fully saturated rings. The minimum absolute atomic E-state index is 0.743. The maximum absolute atomic E-state index is 11.3. The van der Waals surface area contributed by atoms with Gasteiger partial charge in [-0.25, -0.2) is 4.21 Å². The highest BCUT2D eigenvalue weighted by atomic mass is 79.9. The highest BCUT2D eigenvalue weighted by Crippen LogP contribution is 2.25. The maximum Gasteiger partial charge on any atom is 0.0871 e. The average molecular weight is 248 g/mol. The minimum atomic E-state index is -2.05. The van der Waals surface area contributed by atoms with Gasteiger partial charge in [-0.15, -0.1) is 0 Å². The second-order valence-corrected chi connectivity index (χ2v) is 6.12. The molecule has 0 saturated carbocycles. The van der Waals surface area contributed by atoms with Gasteiger partial charge in [0.05, 0.1) is 5.69 Å². The molecule has 1 aromatic rings. The van der Waals surface area contributed by atoms with Crippen molar-refractivity contribution < 1.29 is 4.21 Å². The molecule has 12 heavy (non-hydrogen) atoms. The SMILES string of the molecule is CS(C)(=O)=Nc1ccccc1Br. The molecule has 1 rings (SSSR count). The zero-order chi connectivity index (χ0) is 9.19. The van der Waals surface area contributed by atoms with Gasteiger partial charge in [-0.05, 0) is 28.1 Å². The third-order valence-electron chi connectivity index (χ3n) is 1.17. The summed E-state index contributed by atoms with van der Waals surface area (Å²) >= 11 is 3.33. The average Bonchev–Trinajstić information content (AvgIpc) is 1.91. The summed E-state index contributed by atoms with van der Waals surface area (Å²) in [6.07, 6.45) is 3.24. The molecule has 66 valence electrons. The Morgan fingerprint density at radius 1 is 1.33 bits per heavy atom. The molecule has 0 aliphatic rings. The zero-order valence-electron chi connectivity index (χ0n) is 6.95. The number of benzene rings is 1. The quantitative estimate of drug-likeness (QED) is 0.751. The van der Waals surface area contributed by atoms with E-state index in [1.807, 2.05) is 24.3 Å². The van der Waals surface area contributed by atoms with Gasteiger partial charge in [0.25, 0.3) is 0 Å². The van der Waals surface area contributed by atoms with Crippen LogP contribution in [0, 0.1) is 0 Å². The van der Waals surface area contributed by atoms with E-state index in [9.17, 15) is 4.21 Å². The minimum Gasteiger partial charge on any atom is -0.250 e. The molecule has 0 aromatic heterocycles. The summed E-state index contributed by atoms with van der Waals surface area (Å²) in [5.41, 5.74) is 0.743. The molecule has 2 nitrogen and oxygen atoms in total. The molecule has 0 atom stereocenters. The third-order valence-corrected chi connectivity index (χ3v) is 2.48. The standard InChI is InChI=1S/C8H10BrNOS/c1-12(2,11)10-8-6-4-3-5-7(8)9/h3-6H,1-2H3. The van der Waals surface area contributed by atoms with Gasteiger partial charge >= 0.3 is 0 Å². The van der Waals surface area contributed by atoms with Crippen LogP contribution in [0.5, 0.6) is 0 Å². The summed E-state index contributed by atoms with van der Waals surface area (Å²) < 4.78 is 16.3. The highest BCUT2D eigenvalue weighted by Gasteiger charge is 1.97. The van der Waals surface area contributed by atoms with Crippen LogP contribution >= 0.6 is 15.9 Å². The van der Waals surface area contributed by atoms with Gasteiger partial charge < -0.3 is 0 Å². The van der Waals surface area contributed by atoms with Gasteiger partial charge in [0.2, 0.25) is 0 Å². The zero-order valence-corrected chi connectivity index (χ0v) is 9.35. The number of halogens is 1. The van der Waals surface area contributed by atoms with Gasteiger partial charge in [-0.2, -0.15) is 4.36 Å². The normalized spacial score (nSPS) is 11.2. The Balaban J connectivity index is 3.23. The molecule has 0 amide bonds. The van der Waals surface area contributed by atoms with E-state index in [-0.39, 0.29) is 0 Å². The van der Waals surface area contributed by atoms with Crippen LogP contribution in [0.1, 0.15) is 0 Å². The van der Waals surface area contributed by atoms with Crippen molar-refractivity contribution in [1.29, 1.82) is 0 Å². The Morgan fingerprint density at radius 2 is 1.92 bits per heavy atom. The van der Waals surface area contributed by atoms with Gasteiger partial charge in [0, 0.05) is 26.7 Å². The smallest absolute Gasteiger partial charge is 0.0871 e. The predicted octanol–water partition coefficient (Wildman–Crippen LogP) is 2.81. The van der Waals surface area contributed by atoms with Crippen LogP contribution < -0.4 is 0 Å². The first kappa shape index (κ1) is 9.74. The fourth-order valence-corrected chi connectivity index (χ4v) is 1.89. The van der Waals surface area contributed by atoms with Crippen molar-refractivity contribution in [3.05, 3.63) is 28.7 Å². The number of rotatable bonds is 1. The van der Waals surface area contributed by atoms with Crippen LogP contribution in [0.25, 0.3) is 0 Å². The van der Waals surface area contributed by atoms with Crippen molar-refractivity contribution in [1.82, 2.24) is 0 Å².